The lowest BCUT2D eigenvalue weighted by molar-refractivity contribution is 1.02. The Labute approximate surface area is 174 Å². The molecule has 8 rings (SSSR count). The van der Waals surface area contributed by atoms with E-state index in [4.69, 9.17) is 0 Å². The molecule has 5 aliphatic rings. The Morgan fingerprint density at radius 2 is 1.57 bits per heavy atom. The summed E-state index contributed by atoms with van der Waals surface area (Å²) in [7, 11) is 0. The zero-order valence-corrected chi connectivity index (χ0v) is 16.0. The number of rotatable bonds is 0. The van der Waals surface area contributed by atoms with E-state index in [1.54, 1.807) is 0 Å². The van der Waals surface area contributed by atoms with Gasteiger partial charge in [0.2, 0.25) is 0 Å². The summed E-state index contributed by atoms with van der Waals surface area (Å²) in [5, 5.41) is 19.6. The summed E-state index contributed by atoms with van der Waals surface area (Å²) in [6.45, 7) is 0. The lowest BCUT2D eigenvalue weighted by Crippen LogP contribution is -2.09. The van der Waals surface area contributed by atoms with Gasteiger partial charge in [-0.05, 0) is 68.3 Å². The first kappa shape index (κ1) is 15.7. The maximum Gasteiger partial charge on any atom is 0.0994 e. The normalized spacial score (nSPS) is 20.5. The second-order valence-electron chi connectivity index (χ2n) is 8.29. The van der Waals surface area contributed by atoms with Gasteiger partial charge in [-0.1, -0.05) is 60.2 Å². The number of allylic oxidation sites excluding steroid dienone is 6. The molecule has 0 spiro atoms. The molecule has 1 fully saturated rings. The highest BCUT2D eigenvalue weighted by atomic mass is 14.6. The van der Waals surface area contributed by atoms with Crippen LogP contribution in [-0.2, 0) is 0 Å². The van der Waals surface area contributed by atoms with E-state index in [1.807, 2.05) is 12.1 Å². The van der Waals surface area contributed by atoms with Crippen LogP contribution >= 0.6 is 0 Å². The van der Waals surface area contributed by atoms with Crippen LogP contribution in [0.3, 0.4) is 0 Å². The van der Waals surface area contributed by atoms with E-state index in [0.717, 1.165) is 22.3 Å². The smallest absolute Gasteiger partial charge is 0.0994 e. The summed E-state index contributed by atoms with van der Waals surface area (Å²) in [5.74, 6) is 0.495. The summed E-state index contributed by atoms with van der Waals surface area (Å²) < 4.78 is 0. The van der Waals surface area contributed by atoms with Crippen LogP contribution in [0.5, 0.6) is 0 Å². The second kappa shape index (κ2) is 5.26. The maximum absolute atomic E-state index is 9.97. The average Bonchev–Trinajstić information content (AvgIpc) is 3.50. The summed E-state index contributed by atoms with van der Waals surface area (Å²) in [6.07, 6.45) is 6.60. The van der Waals surface area contributed by atoms with Gasteiger partial charge >= 0.3 is 0 Å². The fourth-order valence-corrected chi connectivity index (χ4v) is 5.78. The third-order valence-electron chi connectivity index (χ3n) is 6.99. The number of hydrogen-bond acceptors (Lipinski definition) is 2. The fraction of sp³-hybridized carbons (Fsp3) is 0.0714. The van der Waals surface area contributed by atoms with Crippen molar-refractivity contribution in [1.82, 2.24) is 0 Å². The Hall–Kier alpha value is -4.14. The molecule has 0 amide bonds. The van der Waals surface area contributed by atoms with E-state index < -0.39 is 0 Å². The van der Waals surface area contributed by atoms with Gasteiger partial charge in [-0.15, -0.1) is 0 Å². The molecule has 30 heavy (non-hydrogen) atoms. The van der Waals surface area contributed by atoms with Gasteiger partial charge in [0.1, 0.15) is 0 Å². The SMILES string of the molecule is N#Cc1ccc2c(c1)C1=C3C=CC=C4C1C4c1c(C#N)ccc-2c1-c1ccccc13. The molecule has 2 heteroatoms. The first-order valence-corrected chi connectivity index (χ1v) is 10.2. The van der Waals surface area contributed by atoms with Crippen molar-refractivity contribution in [3.63, 3.8) is 0 Å². The highest BCUT2D eigenvalue weighted by molar-refractivity contribution is 6.12. The van der Waals surface area contributed by atoms with Crippen LogP contribution in [-0.4, -0.2) is 0 Å². The molecule has 3 aromatic carbocycles. The van der Waals surface area contributed by atoms with Crippen molar-refractivity contribution in [1.29, 1.82) is 10.5 Å². The van der Waals surface area contributed by atoms with Gasteiger partial charge in [0.15, 0.2) is 0 Å². The highest BCUT2D eigenvalue weighted by Gasteiger charge is 2.53. The topological polar surface area (TPSA) is 47.6 Å². The lowest BCUT2D eigenvalue weighted by Gasteiger charge is -2.29. The van der Waals surface area contributed by atoms with Crippen molar-refractivity contribution in [2.45, 2.75) is 5.92 Å². The molecule has 0 saturated heterocycles. The summed E-state index contributed by atoms with van der Waals surface area (Å²) in [6, 6.07) is 23.5. The van der Waals surface area contributed by atoms with Crippen molar-refractivity contribution in [3.8, 4) is 34.4 Å². The van der Waals surface area contributed by atoms with Gasteiger partial charge in [0.05, 0.1) is 23.3 Å². The molecule has 2 unspecified atom stereocenters. The Morgan fingerprint density at radius 1 is 0.733 bits per heavy atom. The first-order valence-electron chi connectivity index (χ1n) is 10.2. The number of hydrogen-bond donors (Lipinski definition) is 0. The van der Waals surface area contributed by atoms with E-state index in [2.05, 4.69) is 72.8 Å². The standard InChI is InChI=1S/C28H14N2/c29-13-15-8-10-18-21-11-9-16(14-30)24-25(21)19-5-2-1-4-17(19)20-6-3-7-22-27(24)28(22)26(20)23(18)12-15/h1-12,27-28H. The van der Waals surface area contributed by atoms with Gasteiger partial charge < -0.3 is 0 Å². The summed E-state index contributed by atoms with van der Waals surface area (Å²) in [5.41, 5.74) is 13.6. The zero-order valence-electron chi connectivity index (χ0n) is 16.0. The Bertz CT molecular complexity index is 1520. The number of benzene rings is 3. The molecule has 0 heterocycles. The van der Waals surface area contributed by atoms with Gasteiger partial charge in [0.25, 0.3) is 0 Å². The van der Waals surface area contributed by atoms with Crippen LogP contribution in [0.1, 0.15) is 33.7 Å². The second-order valence-corrected chi connectivity index (χ2v) is 8.29. The Morgan fingerprint density at radius 3 is 2.40 bits per heavy atom. The Kier molecular flexibility index (Phi) is 2.76. The predicted molar refractivity (Wildman–Crippen MR) is 117 cm³/mol. The number of nitriles is 2. The minimum atomic E-state index is 0.233. The fourth-order valence-electron chi connectivity index (χ4n) is 5.78. The predicted octanol–water partition coefficient (Wildman–Crippen LogP) is 6.21. The van der Waals surface area contributed by atoms with E-state index in [9.17, 15) is 10.5 Å². The average molecular weight is 378 g/mol. The van der Waals surface area contributed by atoms with E-state index in [0.29, 0.717) is 5.56 Å². The molecular weight excluding hydrogens is 364 g/mol. The maximum atomic E-state index is 9.97. The van der Waals surface area contributed by atoms with E-state index in [1.165, 1.54) is 39.0 Å². The van der Waals surface area contributed by atoms with Crippen molar-refractivity contribution in [2.75, 3.05) is 0 Å². The molecule has 0 aromatic heterocycles. The van der Waals surface area contributed by atoms with Crippen LogP contribution in [0.15, 0.2) is 78.4 Å². The highest BCUT2D eigenvalue weighted by Crippen LogP contribution is 2.68. The molecule has 2 atom stereocenters. The first-order chi connectivity index (χ1) is 14.8. The molecule has 0 N–H and O–H groups in total. The van der Waals surface area contributed by atoms with Crippen molar-refractivity contribution in [2.24, 2.45) is 5.92 Å². The number of nitrogens with zero attached hydrogens (tertiary/aromatic N) is 2. The lowest BCUT2D eigenvalue weighted by atomic mass is 9.73. The monoisotopic (exact) mass is 378 g/mol. The molecule has 136 valence electrons. The van der Waals surface area contributed by atoms with Crippen LogP contribution in [0.2, 0.25) is 0 Å². The third kappa shape index (κ3) is 1.73. The summed E-state index contributed by atoms with van der Waals surface area (Å²) in [4.78, 5) is 0. The molecule has 6 bridgehead atoms. The van der Waals surface area contributed by atoms with Crippen molar-refractivity contribution in [3.05, 3.63) is 106 Å². The zero-order chi connectivity index (χ0) is 20.0. The molecule has 0 radical (unpaired) electrons. The molecule has 1 saturated carbocycles. The van der Waals surface area contributed by atoms with Crippen LogP contribution in [0.4, 0.5) is 0 Å². The van der Waals surface area contributed by atoms with Crippen LogP contribution in [0.25, 0.3) is 33.4 Å². The van der Waals surface area contributed by atoms with E-state index in [-0.39, 0.29) is 11.8 Å². The van der Waals surface area contributed by atoms with Crippen molar-refractivity contribution < 1.29 is 0 Å². The molecule has 0 aliphatic heterocycles. The molecule has 3 aromatic rings. The van der Waals surface area contributed by atoms with Gasteiger partial charge in [-0.3, -0.25) is 0 Å². The van der Waals surface area contributed by atoms with E-state index >= 15 is 0 Å². The largest absolute Gasteiger partial charge is 0.192 e. The minimum absolute atomic E-state index is 0.233. The van der Waals surface area contributed by atoms with Crippen LogP contribution in [0, 0.1) is 28.6 Å². The van der Waals surface area contributed by atoms with Crippen LogP contribution < -0.4 is 0 Å². The molecule has 5 aliphatic carbocycles. The summed E-state index contributed by atoms with van der Waals surface area (Å²) >= 11 is 0. The third-order valence-corrected chi connectivity index (χ3v) is 6.99. The Balaban J connectivity index is 1.79. The van der Waals surface area contributed by atoms with Gasteiger partial charge in [-0.25, -0.2) is 0 Å². The minimum Gasteiger partial charge on any atom is -0.192 e. The van der Waals surface area contributed by atoms with Gasteiger partial charge in [-0.2, -0.15) is 10.5 Å². The van der Waals surface area contributed by atoms with Gasteiger partial charge in [0, 0.05) is 11.8 Å². The van der Waals surface area contributed by atoms with Crippen molar-refractivity contribution >= 4 is 11.1 Å². The quantitative estimate of drug-likeness (QED) is 0.467. The molecule has 2 nitrogen and oxygen atoms in total. The molecular formula is C28H14N2.